The highest BCUT2D eigenvalue weighted by Crippen LogP contribution is 2.14. The first-order valence-corrected chi connectivity index (χ1v) is 5.69. The molecule has 0 amide bonds. The molecule has 6 heteroatoms. The topological polar surface area (TPSA) is 33.3 Å². The van der Waals surface area contributed by atoms with Crippen LogP contribution in [0, 0.1) is 17.5 Å². The molecule has 1 aromatic carbocycles. The van der Waals surface area contributed by atoms with Gasteiger partial charge in [0.15, 0.2) is 0 Å². The summed E-state index contributed by atoms with van der Waals surface area (Å²) in [5.74, 6) is -2.64. The second-order valence-corrected chi connectivity index (χ2v) is 3.77. The Labute approximate surface area is 104 Å². The normalized spacial score (nSPS) is 10.9. The van der Waals surface area contributed by atoms with Gasteiger partial charge in [-0.25, -0.2) is 13.2 Å². The van der Waals surface area contributed by atoms with E-state index in [1.807, 2.05) is 0 Å². The van der Waals surface area contributed by atoms with E-state index in [1.165, 1.54) is 0 Å². The summed E-state index contributed by atoms with van der Waals surface area (Å²) in [7, 11) is 1.61. The predicted octanol–water partition coefficient (Wildman–Crippen LogP) is 1.43. The van der Waals surface area contributed by atoms with Crippen LogP contribution >= 0.6 is 0 Å². The molecule has 0 spiro atoms. The molecule has 0 fully saturated rings. The van der Waals surface area contributed by atoms with Crippen molar-refractivity contribution in [1.29, 1.82) is 0 Å². The minimum absolute atomic E-state index is 0.0317. The van der Waals surface area contributed by atoms with Crippen LogP contribution in [0.4, 0.5) is 13.2 Å². The van der Waals surface area contributed by atoms with Crippen molar-refractivity contribution in [2.75, 3.05) is 33.4 Å². The highest BCUT2D eigenvalue weighted by Gasteiger charge is 2.10. The Balaban J connectivity index is 2.27. The molecule has 2 N–H and O–H groups in total. The third kappa shape index (κ3) is 5.03. The molecule has 0 unspecified atom stereocenters. The monoisotopic (exact) mass is 262 g/mol. The van der Waals surface area contributed by atoms with Crippen LogP contribution in [0.5, 0.6) is 0 Å². The van der Waals surface area contributed by atoms with E-state index in [0.717, 1.165) is 6.54 Å². The first kappa shape index (κ1) is 14.9. The standard InChI is InChI=1S/C12H17F3N2O/c1-18-5-4-16-2-3-17-8-10-11(14)6-9(13)7-12(10)15/h6-7,16-17H,2-5,8H2,1H3. The Hall–Kier alpha value is -1.11. The van der Waals surface area contributed by atoms with E-state index < -0.39 is 17.5 Å². The zero-order chi connectivity index (χ0) is 13.4. The average Bonchev–Trinajstić information content (AvgIpc) is 2.30. The fourth-order valence-electron chi connectivity index (χ4n) is 1.43. The van der Waals surface area contributed by atoms with Crippen LogP contribution in [-0.2, 0) is 11.3 Å². The van der Waals surface area contributed by atoms with E-state index >= 15 is 0 Å². The summed E-state index contributed by atoms with van der Waals surface area (Å²) in [5, 5.41) is 5.95. The molecule has 0 heterocycles. The summed E-state index contributed by atoms with van der Waals surface area (Å²) in [5.41, 5.74) is -0.145. The molecule has 1 aromatic rings. The molecule has 0 aliphatic rings. The molecule has 3 nitrogen and oxygen atoms in total. The molecule has 102 valence electrons. The molecule has 18 heavy (non-hydrogen) atoms. The highest BCUT2D eigenvalue weighted by molar-refractivity contribution is 5.20. The lowest BCUT2D eigenvalue weighted by Crippen LogP contribution is -2.29. The van der Waals surface area contributed by atoms with Crippen molar-refractivity contribution >= 4 is 0 Å². The van der Waals surface area contributed by atoms with E-state index in [2.05, 4.69) is 10.6 Å². The zero-order valence-corrected chi connectivity index (χ0v) is 10.2. The van der Waals surface area contributed by atoms with Crippen molar-refractivity contribution in [3.63, 3.8) is 0 Å². The van der Waals surface area contributed by atoms with Gasteiger partial charge in [0.1, 0.15) is 17.5 Å². The summed E-state index contributed by atoms with van der Waals surface area (Å²) in [6.45, 7) is 2.58. The van der Waals surface area contributed by atoms with Crippen molar-refractivity contribution in [3.8, 4) is 0 Å². The molecule has 0 aliphatic heterocycles. The maximum absolute atomic E-state index is 13.2. The second-order valence-electron chi connectivity index (χ2n) is 3.77. The lowest BCUT2D eigenvalue weighted by Gasteiger charge is -2.08. The van der Waals surface area contributed by atoms with Crippen molar-refractivity contribution in [3.05, 3.63) is 35.1 Å². The van der Waals surface area contributed by atoms with Crippen LogP contribution in [0.25, 0.3) is 0 Å². The van der Waals surface area contributed by atoms with Crippen molar-refractivity contribution in [2.24, 2.45) is 0 Å². The number of hydrogen-bond acceptors (Lipinski definition) is 3. The first-order chi connectivity index (χ1) is 8.65. The summed E-state index contributed by atoms with van der Waals surface area (Å²) in [6, 6.07) is 1.36. The lowest BCUT2D eigenvalue weighted by molar-refractivity contribution is 0.199. The molecule has 0 radical (unpaired) electrons. The maximum Gasteiger partial charge on any atom is 0.133 e. The predicted molar refractivity (Wildman–Crippen MR) is 62.8 cm³/mol. The van der Waals surface area contributed by atoms with Crippen LogP contribution in [0.3, 0.4) is 0 Å². The van der Waals surface area contributed by atoms with Gasteiger partial charge in [0.25, 0.3) is 0 Å². The molecule has 0 saturated heterocycles. The quantitative estimate of drug-likeness (QED) is 0.695. The molecular formula is C12H17F3N2O. The summed E-state index contributed by atoms with van der Waals surface area (Å²) >= 11 is 0. The molecule has 0 atom stereocenters. The van der Waals surface area contributed by atoms with Crippen LogP contribution in [-0.4, -0.2) is 33.4 Å². The van der Waals surface area contributed by atoms with Crippen molar-refractivity contribution in [2.45, 2.75) is 6.54 Å². The van der Waals surface area contributed by atoms with Gasteiger partial charge in [0, 0.05) is 51.0 Å². The van der Waals surface area contributed by atoms with Gasteiger partial charge in [-0.2, -0.15) is 0 Å². The summed E-state index contributed by atoms with van der Waals surface area (Å²) in [4.78, 5) is 0. The fourth-order valence-corrected chi connectivity index (χ4v) is 1.43. The van der Waals surface area contributed by atoms with Gasteiger partial charge in [0.05, 0.1) is 6.61 Å². The number of ether oxygens (including phenoxy) is 1. The minimum atomic E-state index is -0.907. The number of hydrogen-bond donors (Lipinski definition) is 2. The lowest BCUT2D eigenvalue weighted by atomic mass is 10.2. The number of methoxy groups -OCH3 is 1. The van der Waals surface area contributed by atoms with Gasteiger partial charge in [-0.05, 0) is 0 Å². The average molecular weight is 262 g/mol. The largest absolute Gasteiger partial charge is 0.383 e. The molecule has 0 aliphatic carbocycles. The van der Waals surface area contributed by atoms with E-state index in [0.29, 0.717) is 31.8 Å². The Morgan fingerprint density at radius 3 is 2.22 bits per heavy atom. The second kappa shape index (κ2) is 8.07. The Bertz CT molecular complexity index is 351. The van der Waals surface area contributed by atoms with E-state index in [1.54, 1.807) is 7.11 Å². The minimum Gasteiger partial charge on any atom is -0.383 e. The third-order valence-electron chi connectivity index (χ3n) is 2.37. The van der Waals surface area contributed by atoms with Gasteiger partial charge in [-0.15, -0.1) is 0 Å². The SMILES string of the molecule is COCCNCCNCc1c(F)cc(F)cc1F. The van der Waals surface area contributed by atoms with Crippen LogP contribution < -0.4 is 10.6 Å². The smallest absolute Gasteiger partial charge is 0.133 e. The fraction of sp³-hybridized carbons (Fsp3) is 0.500. The number of nitrogens with one attached hydrogen (secondary N) is 2. The van der Waals surface area contributed by atoms with Crippen molar-refractivity contribution < 1.29 is 17.9 Å². The van der Waals surface area contributed by atoms with Gasteiger partial charge >= 0.3 is 0 Å². The van der Waals surface area contributed by atoms with E-state index in [4.69, 9.17) is 4.74 Å². The Morgan fingerprint density at radius 1 is 1.00 bits per heavy atom. The third-order valence-corrected chi connectivity index (χ3v) is 2.37. The van der Waals surface area contributed by atoms with E-state index in [9.17, 15) is 13.2 Å². The van der Waals surface area contributed by atoms with Crippen LogP contribution in [0.2, 0.25) is 0 Å². The number of rotatable bonds is 8. The van der Waals surface area contributed by atoms with Crippen molar-refractivity contribution in [1.82, 2.24) is 10.6 Å². The molecular weight excluding hydrogens is 245 g/mol. The first-order valence-electron chi connectivity index (χ1n) is 5.69. The highest BCUT2D eigenvalue weighted by atomic mass is 19.1. The number of halogens is 3. The van der Waals surface area contributed by atoms with Gasteiger partial charge in [-0.3, -0.25) is 0 Å². The Kier molecular flexibility index (Phi) is 6.70. The molecule has 1 rings (SSSR count). The maximum atomic E-state index is 13.2. The van der Waals surface area contributed by atoms with E-state index in [-0.39, 0.29) is 12.1 Å². The van der Waals surface area contributed by atoms with Crippen LogP contribution in [0.1, 0.15) is 5.56 Å². The molecule has 0 saturated carbocycles. The van der Waals surface area contributed by atoms with Gasteiger partial charge in [-0.1, -0.05) is 0 Å². The summed E-state index contributed by atoms with van der Waals surface area (Å²) < 4.78 is 44.0. The molecule has 0 aromatic heterocycles. The number of benzene rings is 1. The van der Waals surface area contributed by atoms with Gasteiger partial charge in [0.2, 0.25) is 0 Å². The Morgan fingerprint density at radius 2 is 1.61 bits per heavy atom. The molecule has 0 bridgehead atoms. The summed E-state index contributed by atoms with van der Waals surface area (Å²) in [6.07, 6.45) is 0. The van der Waals surface area contributed by atoms with Gasteiger partial charge < -0.3 is 15.4 Å². The zero-order valence-electron chi connectivity index (χ0n) is 10.2. The van der Waals surface area contributed by atoms with Crippen LogP contribution in [0.15, 0.2) is 12.1 Å².